The van der Waals surface area contributed by atoms with Crippen molar-refractivity contribution in [2.24, 2.45) is 0 Å². The van der Waals surface area contributed by atoms with Gasteiger partial charge < -0.3 is 10.4 Å². The third-order valence-electron chi connectivity index (χ3n) is 4.37. The molecule has 146 valence electrons. The molecule has 27 heavy (non-hydrogen) atoms. The van der Waals surface area contributed by atoms with Gasteiger partial charge in [0.05, 0.1) is 22.4 Å². The highest BCUT2D eigenvalue weighted by atomic mass is 35.5. The van der Waals surface area contributed by atoms with E-state index < -0.39 is 16.7 Å². The molecule has 3 rings (SSSR count). The van der Waals surface area contributed by atoms with Crippen LogP contribution in [0.2, 0.25) is 5.02 Å². The molecule has 2 aromatic rings. The Labute approximate surface area is 169 Å². The highest BCUT2D eigenvalue weighted by molar-refractivity contribution is 8.25. The minimum Gasteiger partial charge on any atom is -0.481 e. The maximum atomic E-state index is 10.9. The first-order chi connectivity index (χ1) is 12.8. The Hall–Kier alpha value is -1.42. The highest BCUT2D eigenvalue weighted by Gasteiger charge is 2.35. The first-order valence-corrected chi connectivity index (χ1v) is 11.3. The summed E-state index contributed by atoms with van der Waals surface area (Å²) in [7, 11) is -1.59. The molecule has 6 nitrogen and oxygen atoms in total. The second kappa shape index (κ2) is 8.30. The molecule has 0 saturated carbocycles. The van der Waals surface area contributed by atoms with Gasteiger partial charge in [-0.05, 0) is 29.3 Å². The number of anilines is 1. The van der Waals surface area contributed by atoms with Crippen molar-refractivity contribution in [3.63, 3.8) is 0 Å². The lowest BCUT2D eigenvalue weighted by Crippen LogP contribution is -2.25. The smallest absolute Gasteiger partial charge is 0.313 e. The van der Waals surface area contributed by atoms with Crippen molar-refractivity contribution in [2.75, 3.05) is 29.4 Å². The summed E-state index contributed by atoms with van der Waals surface area (Å²) >= 11 is 7.47. The maximum absolute atomic E-state index is 10.9. The Kier molecular flexibility index (Phi) is 6.25. The summed E-state index contributed by atoms with van der Waals surface area (Å²) in [6.07, 6.45) is 0. The van der Waals surface area contributed by atoms with Crippen molar-refractivity contribution < 1.29 is 19.0 Å². The summed E-state index contributed by atoms with van der Waals surface area (Å²) in [5, 5.41) is 12.6. The standard InChI is InChI=1S/C18H21ClN2O4S2/c1-21-15-5-3-2-4-13(15)18(20-8-9-26-11-17(22)23)14-7-6-12(19)10-16(14)27(21,24)25/h2-7,10,18,20,24-25H,8-9,11H2,1H3,(H,22,23). The molecule has 1 aliphatic heterocycles. The predicted molar refractivity (Wildman–Crippen MR) is 112 cm³/mol. The van der Waals surface area contributed by atoms with E-state index in [-0.39, 0.29) is 11.8 Å². The number of nitrogens with zero attached hydrogens (tertiary/aromatic N) is 1. The van der Waals surface area contributed by atoms with E-state index in [1.807, 2.05) is 30.3 Å². The quantitative estimate of drug-likeness (QED) is 0.509. The van der Waals surface area contributed by atoms with Gasteiger partial charge in [-0.25, -0.2) is 0 Å². The molecule has 0 amide bonds. The van der Waals surface area contributed by atoms with E-state index in [1.54, 1.807) is 19.2 Å². The van der Waals surface area contributed by atoms with E-state index in [4.69, 9.17) is 16.7 Å². The summed E-state index contributed by atoms with van der Waals surface area (Å²) < 4.78 is 23.4. The van der Waals surface area contributed by atoms with Crippen LogP contribution in [0.5, 0.6) is 0 Å². The molecule has 4 N–H and O–H groups in total. The van der Waals surface area contributed by atoms with Crippen LogP contribution in [0.4, 0.5) is 5.69 Å². The first kappa shape index (κ1) is 20.3. The molecule has 1 unspecified atom stereocenters. The van der Waals surface area contributed by atoms with Gasteiger partial charge in [-0.3, -0.25) is 18.2 Å². The zero-order valence-corrected chi connectivity index (χ0v) is 17.0. The predicted octanol–water partition coefficient (Wildman–Crippen LogP) is 4.31. The molecule has 2 aromatic carbocycles. The fraction of sp³-hybridized carbons (Fsp3) is 0.278. The number of carbonyl (C=O) groups is 1. The van der Waals surface area contributed by atoms with Gasteiger partial charge in [-0.15, -0.1) is 11.8 Å². The van der Waals surface area contributed by atoms with Gasteiger partial charge in [0.1, 0.15) is 0 Å². The van der Waals surface area contributed by atoms with Crippen molar-refractivity contribution in [1.82, 2.24) is 5.32 Å². The van der Waals surface area contributed by atoms with Crippen molar-refractivity contribution >= 4 is 45.8 Å². The summed E-state index contributed by atoms with van der Waals surface area (Å²) in [4.78, 5) is 11.1. The summed E-state index contributed by atoms with van der Waals surface area (Å²) in [6.45, 7) is 0.571. The van der Waals surface area contributed by atoms with E-state index in [9.17, 15) is 13.9 Å². The maximum Gasteiger partial charge on any atom is 0.313 e. The molecular weight excluding hydrogens is 408 g/mol. The van der Waals surface area contributed by atoms with Gasteiger partial charge >= 0.3 is 5.97 Å². The van der Waals surface area contributed by atoms with E-state index in [2.05, 4.69) is 5.32 Å². The highest BCUT2D eigenvalue weighted by Crippen LogP contribution is 2.59. The Morgan fingerprint density at radius 2 is 2.00 bits per heavy atom. The van der Waals surface area contributed by atoms with Crippen LogP contribution in [-0.2, 0) is 4.79 Å². The summed E-state index contributed by atoms with van der Waals surface area (Å²) in [5.74, 6) is -0.159. The van der Waals surface area contributed by atoms with Crippen LogP contribution in [-0.4, -0.2) is 45.3 Å². The fourth-order valence-corrected chi connectivity index (χ4v) is 5.45. The number of hydrogen-bond acceptors (Lipinski definition) is 6. The molecular formula is C18H21ClN2O4S2. The number of carboxylic acids is 1. The van der Waals surface area contributed by atoms with Crippen molar-refractivity contribution in [3.8, 4) is 0 Å². The van der Waals surface area contributed by atoms with Gasteiger partial charge in [0.2, 0.25) is 0 Å². The average Bonchev–Trinajstić information content (AvgIpc) is 2.70. The van der Waals surface area contributed by atoms with E-state index >= 15 is 0 Å². The molecule has 0 radical (unpaired) electrons. The van der Waals surface area contributed by atoms with Gasteiger partial charge in [0, 0.05) is 24.4 Å². The molecule has 0 fully saturated rings. The number of rotatable bonds is 6. The molecule has 1 aliphatic rings. The zero-order valence-electron chi connectivity index (χ0n) is 14.6. The number of aliphatic carboxylic acids is 1. The largest absolute Gasteiger partial charge is 0.481 e. The van der Waals surface area contributed by atoms with Crippen LogP contribution in [0.25, 0.3) is 0 Å². The topological polar surface area (TPSA) is 93.0 Å². The van der Waals surface area contributed by atoms with Crippen LogP contribution >= 0.6 is 34.1 Å². The van der Waals surface area contributed by atoms with Crippen LogP contribution in [0.3, 0.4) is 0 Å². The third-order valence-corrected chi connectivity index (χ3v) is 7.45. The Bertz CT molecular complexity index is 850. The number of thioether (sulfide) groups is 1. The monoisotopic (exact) mass is 428 g/mol. The number of hydrogen-bond donors (Lipinski definition) is 4. The number of fused-ring (bicyclic) bond motifs is 2. The lowest BCUT2D eigenvalue weighted by atomic mass is 9.97. The minimum absolute atomic E-state index is 0.0540. The van der Waals surface area contributed by atoms with Crippen LogP contribution in [0.15, 0.2) is 47.4 Å². The van der Waals surface area contributed by atoms with Crippen LogP contribution < -0.4 is 9.62 Å². The molecule has 0 aromatic heterocycles. The number of para-hydroxylation sites is 1. The van der Waals surface area contributed by atoms with E-state index in [0.29, 0.717) is 22.2 Å². The fourth-order valence-electron chi connectivity index (χ4n) is 3.11. The molecule has 0 aliphatic carbocycles. The average molecular weight is 429 g/mol. The molecule has 0 spiro atoms. The Morgan fingerprint density at radius 1 is 1.26 bits per heavy atom. The first-order valence-electron chi connectivity index (χ1n) is 8.26. The normalized spacial score (nSPS) is 19.0. The van der Waals surface area contributed by atoms with Crippen LogP contribution in [0, 0.1) is 0 Å². The minimum atomic E-state index is -3.25. The summed E-state index contributed by atoms with van der Waals surface area (Å²) in [6, 6.07) is 12.4. The SMILES string of the molecule is CN1c2ccccc2C(NCCSCC(=O)O)c2ccc(Cl)cc2S1(O)O. The molecule has 1 atom stereocenters. The third kappa shape index (κ3) is 4.21. The van der Waals surface area contributed by atoms with Gasteiger partial charge in [0.15, 0.2) is 0 Å². The second-order valence-electron chi connectivity index (χ2n) is 6.09. The zero-order chi connectivity index (χ0) is 19.6. The van der Waals surface area contributed by atoms with E-state index in [1.165, 1.54) is 16.1 Å². The van der Waals surface area contributed by atoms with Crippen molar-refractivity contribution in [3.05, 3.63) is 58.6 Å². The van der Waals surface area contributed by atoms with Gasteiger partial charge in [-0.1, -0.05) is 46.6 Å². The number of halogens is 1. The van der Waals surface area contributed by atoms with Crippen LogP contribution in [0.1, 0.15) is 17.2 Å². The van der Waals surface area contributed by atoms with Crippen molar-refractivity contribution in [1.29, 1.82) is 0 Å². The lowest BCUT2D eigenvalue weighted by molar-refractivity contribution is -0.133. The Morgan fingerprint density at radius 3 is 2.74 bits per heavy atom. The second-order valence-corrected chi connectivity index (χ2v) is 9.66. The number of nitrogens with one attached hydrogen (secondary N) is 1. The molecule has 9 heteroatoms. The summed E-state index contributed by atoms with van der Waals surface area (Å²) in [5.41, 5.74) is 2.39. The molecule has 0 bridgehead atoms. The van der Waals surface area contributed by atoms with E-state index in [0.717, 1.165) is 16.8 Å². The lowest BCUT2D eigenvalue weighted by Gasteiger charge is -2.41. The number of carboxylic acid groups (broad SMARTS) is 1. The van der Waals surface area contributed by atoms with Gasteiger partial charge in [0.25, 0.3) is 0 Å². The van der Waals surface area contributed by atoms with Crippen molar-refractivity contribution in [2.45, 2.75) is 10.9 Å². The number of benzene rings is 2. The molecule has 0 saturated heterocycles. The molecule has 1 heterocycles. The van der Waals surface area contributed by atoms with Gasteiger partial charge in [-0.2, -0.15) is 0 Å². The Balaban J connectivity index is 1.99.